The summed E-state index contributed by atoms with van der Waals surface area (Å²) in [6.45, 7) is 2.23. The maximum atomic E-state index is 13.2. The van der Waals surface area contributed by atoms with Gasteiger partial charge in [0.15, 0.2) is 11.5 Å². The molecule has 0 atom stereocenters. The van der Waals surface area contributed by atoms with E-state index in [1.54, 1.807) is 13.4 Å². The number of methoxy groups -OCH3 is 1. The SMILES string of the molecule is COc1cc2c(cc1OCC1CC1)NC(=O)C21CCN(c2cc(NC3CC3)ncn2)CC1. The molecule has 0 radical (unpaired) electrons. The summed E-state index contributed by atoms with van der Waals surface area (Å²) in [7, 11) is 1.66. The Labute approximate surface area is 187 Å². The lowest BCUT2D eigenvalue weighted by atomic mass is 9.73. The van der Waals surface area contributed by atoms with Crippen LogP contribution in [0.1, 0.15) is 44.1 Å². The van der Waals surface area contributed by atoms with Gasteiger partial charge in [-0.25, -0.2) is 9.97 Å². The molecule has 2 N–H and O–H groups in total. The first-order valence-electron chi connectivity index (χ1n) is 11.6. The quantitative estimate of drug-likeness (QED) is 0.690. The molecule has 1 spiro atoms. The first-order chi connectivity index (χ1) is 15.6. The van der Waals surface area contributed by atoms with Crippen LogP contribution in [0.5, 0.6) is 11.5 Å². The molecule has 8 heteroatoms. The highest BCUT2D eigenvalue weighted by Gasteiger charge is 2.49. The Kier molecular flexibility index (Phi) is 4.62. The number of nitrogens with one attached hydrogen (secondary N) is 2. The zero-order valence-corrected chi connectivity index (χ0v) is 18.4. The standard InChI is InChI=1S/C24H29N5O3/c1-31-19-10-17-18(11-20(19)32-13-15-2-3-15)28-23(30)24(17)6-8-29(9-7-24)22-12-21(25-14-26-22)27-16-4-5-16/h10-12,14-16H,2-9,13H2,1H3,(H,28,30)(H,25,26,27). The second-order valence-electron chi connectivity index (χ2n) is 9.51. The summed E-state index contributed by atoms with van der Waals surface area (Å²) in [5.41, 5.74) is 1.35. The molecule has 6 rings (SSSR count). The van der Waals surface area contributed by atoms with Gasteiger partial charge in [0, 0.05) is 37.0 Å². The lowest BCUT2D eigenvalue weighted by Gasteiger charge is -2.38. The van der Waals surface area contributed by atoms with Gasteiger partial charge in [0.25, 0.3) is 0 Å². The highest BCUT2D eigenvalue weighted by atomic mass is 16.5. The molecule has 4 aliphatic rings. The number of fused-ring (bicyclic) bond motifs is 2. The number of ether oxygens (including phenoxy) is 2. The number of nitrogens with zero attached hydrogens (tertiary/aromatic N) is 3. The smallest absolute Gasteiger partial charge is 0.235 e. The molecule has 3 heterocycles. The highest BCUT2D eigenvalue weighted by Crippen LogP contribution is 2.49. The van der Waals surface area contributed by atoms with E-state index >= 15 is 0 Å². The van der Waals surface area contributed by atoms with Gasteiger partial charge in [0.2, 0.25) is 5.91 Å². The Morgan fingerprint density at radius 3 is 2.66 bits per heavy atom. The summed E-state index contributed by atoms with van der Waals surface area (Å²) in [4.78, 5) is 24.3. The molecule has 0 unspecified atom stereocenters. The van der Waals surface area contributed by atoms with Gasteiger partial charge in [0.05, 0.1) is 19.1 Å². The van der Waals surface area contributed by atoms with Gasteiger partial charge in [-0.2, -0.15) is 0 Å². The van der Waals surface area contributed by atoms with Crippen LogP contribution in [0.3, 0.4) is 0 Å². The monoisotopic (exact) mass is 435 g/mol. The van der Waals surface area contributed by atoms with Gasteiger partial charge >= 0.3 is 0 Å². The minimum Gasteiger partial charge on any atom is -0.493 e. The molecule has 0 bridgehead atoms. The van der Waals surface area contributed by atoms with Crippen molar-refractivity contribution in [2.24, 2.45) is 5.92 Å². The van der Waals surface area contributed by atoms with Crippen LogP contribution in [0.25, 0.3) is 0 Å². The largest absolute Gasteiger partial charge is 0.493 e. The van der Waals surface area contributed by atoms with Gasteiger partial charge in [0.1, 0.15) is 18.0 Å². The number of carbonyl (C=O) groups excluding carboxylic acids is 1. The number of carbonyl (C=O) groups is 1. The summed E-state index contributed by atoms with van der Waals surface area (Å²) < 4.78 is 11.6. The van der Waals surface area contributed by atoms with Crippen molar-refractivity contribution in [1.29, 1.82) is 0 Å². The van der Waals surface area contributed by atoms with Gasteiger partial charge in [-0.1, -0.05) is 0 Å². The zero-order valence-electron chi connectivity index (χ0n) is 18.4. The van der Waals surface area contributed by atoms with E-state index in [0.717, 1.165) is 48.8 Å². The molecule has 1 aromatic heterocycles. The van der Waals surface area contributed by atoms with E-state index in [1.165, 1.54) is 25.7 Å². The summed E-state index contributed by atoms with van der Waals surface area (Å²) in [5.74, 6) is 3.94. The van der Waals surface area contributed by atoms with Crippen molar-refractivity contribution in [3.8, 4) is 11.5 Å². The molecule has 2 aromatic rings. The van der Waals surface area contributed by atoms with E-state index in [-0.39, 0.29) is 5.91 Å². The predicted octanol–water partition coefficient (Wildman–Crippen LogP) is 3.34. The van der Waals surface area contributed by atoms with Crippen LogP contribution in [0.2, 0.25) is 0 Å². The minimum atomic E-state index is -0.531. The summed E-state index contributed by atoms with van der Waals surface area (Å²) >= 11 is 0. The summed E-state index contributed by atoms with van der Waals surface area (Å²) in [5, 5.41) is 6.55. The topological polar surface area (TPSA) is 88.6 Å². The fourth-order valence-electron chi connectivity index (χ4n) is 4.84. The predicted molar refractivity (Wildman–Crippen MR) is 122 cm³/mol. The maximum absolute atomic E-state index is 13.2. The lowest BCUT2D eigenvalue weighted by molar-refractivity contribution is -0.121. The number of benzene rings is 1. The minimum absolute atomic E-state index is 0.0762. The Hall–Kier alpha value is -3.03. The number of rotatable bonds is 7. The van der Waals surface area contributed by atoms with Crippen LogP contribution in [-0.2, 0) is 10.2 Å². The first-order valence-corrected chi connectivity index (χ1v) is 11.6. The van der Waals surface area contributed by atoms with Crippen molar-refractivity contribution < 1.29 is 14.3 Å². The fraction of sp³-hybridized carbons (Fsp3) is 0.542. The summed E-state index contributed by atoms with van der Waals surface area (Å²) in [6, 6.07) is 6.52. The van der Waals surface area contributed by atoms with E-state index in [4.69, 9.17) is 9.47 Å². The van der Waals surface area contributed by atoms with E-state index in [1.807, 2.05) is 18.2 Å². The van der Waals surface area contributed by atoms with Gasteiger partial charge in [-0.3, -0.25) is 4.79 Å². The van der Waals surface area contributed by atoms with Gasteiger partial charge in [-0.05, 0) is 56.1 Å². The molecular formula is C24H29N5O3. The average molecular weight is 436 g/mol. The van der Waals surface area contributed by atoms with E-state index in [2.05, 4.69) is 25.5 Å². The van der Waals surface area contributed by atoms with Crippen LogP contribution in [-0.4, -0.2) is 48.7 Å². The van der Waals surface area contributed by atoms with Crippen LogP contribution in [0.4, 0.5) is 17.3 Å². The van der Waals surface area contributed by atoms with Crippen molar-refractivity contribution in [1.82, 2.24) is 9.97 Å². The van der Waals surface area contributed by atoms with E-state index in [0.29, 0.717) is 30.1 Å². The zero-order chi connectivity index (χ0) is 21.7. The van der Waals surface area contributed by atoms with E-state index in [9.17, 15) is 4.79 Å². The fourth-order valence-corrected chi connectivity index (χ4v) is 4.84. The molecular weight excluding hydrogens is 406 g/mol. The third kappa shape index (κ3) is 3.51. The molecule has 1 amide bonds. The molecule has 1 saturated heterocycles. The summed E-state index contributed by atoms with van der Waals surface area (Å²) in [6.07, 6.45) is 7.95. The lowest BCUT2D eigenvalue weighted by Crippen LogP contribution is -2.46. The Bertz CT molecular complexity index is 1040. The molecule has 32 heavy (non-hydrogen) atoms. The molecule has 168 valence electrons. The molecule has 1 aromatic carbocycles. The molecule has 8 nitrogen and oxygen atoms in total. The highest BCUT2D eigenvalue weighted by molar-refractivity contribution is 6.07. The van der Waals surface area contributed by atoms with Crippen molar-refractivity contribution in [2.45, 2.75) is 50.0 Å². The van der Waals surface area contributed by atoms with Crippen molar-refractivity contribution in [2.75, 3.05) is 42.3 Å². The molecule has 2 saturated carbocycles. The second-order valence-corrected chi connectivity index (χ2v) is 9.51. The third-order valence-corrected chi connectivity index (χ3v) is 7.20. The molecule has 3 fully saturated rings. The normalized spacial score (nSPS) is 21.3. The average Bonchev–Trinajstić information content (AvgIpc) is 3.74. The van der Waals surface area contributed by atoms with Crippen molar-refractivity contribution in [3.05, 3.63) is 30.1 Å². The second kappa shape index (κ2) is 7.53. The Balaban J connectivity index is 1.21. The molecule has 2 aliphatic carbocycles. The number of anilines is 3. The van der Waals surface area contributed by atoms with Gasteiger partial charge < -0.3 is 25.0 Å². The number of piperidine rings is 1. The molecule has 2 aliphatic heterocycles. The van der Waals surface area contributed by atoms with Crippen LogP contribution in [0.15, 0.2) is 24.5 Å². The van der Waals surface area contributed by atoms with Crippen LogP contribution in [0, 0.1) is 5.92 Å². The number of hydrogen-bond donors (Lipinski definition) is 2. The first kappa shape index (κ1) is 19.6. The van der Waals surface area contributed by atoms with Crippen LogP contribution >= 0.6 is 0 Å². The van der Waals surface area contributed by atoms with Gasteiger partial charge in [-0.15, -0.1) is 0 Å². The Morgan fingerprint density at radius 1 is 1.12 bits per heavy atom. The number of aromatic nitrogens is 2. The maximum Gasteiger partial charge on any atom is 0.235 e. The Morgan fingerprint density at radius 2 is 1.94 bits per heavy atom. The number of amides is 1. The van der Waals surface area contributed by atoms with Crippen molar-refractivity contribution in [3.63, 3.8) is 0 Å². The third-order valence-electron chi connectivity index (χ3n) is 7.20. The van der Waals surface area contributed by atoms with E-state index < -0.39 is 5.41 Å². The van der Waals surface area contributed by atoms with Crippen molar-refractivity contribution >= 4 is 23.2 Å². The van der Waals surface area contributed by atoms with Crippen LogP contribution < -0.4 is 25.0 Å². The number of hydrogen-bond acceptors (Lipinski definition) is 7.